The second-order valence-electron chi connectivity index (χ2n) is 5.83. The molecule has 0 heterocycles. The minimum Gasteiger partial charge on any atom is -0.352 e. The topological polar surface area (TPSA) is 82.0 Å². The molecular weight excluding hydrogens is 302 g/mol. The fourth-order valence-corrected chi connectivity index (χ4v) is 2.03. The van der Waals surface area contributed by atoms with Gasteiger partial charge in [-0.2, -0.15) is 5.26 Å². The second kappa shape index (κ2) is 7.93. The van der Waals surface area contributed by atoms with E-state index < -0.39 is 0 Å². The van der Waals surface area contributed by atoms with Gasteiger partial charge in [-0.1, -0.05) is 19.9 Å². The lowest BCUT2D eigenvalue weighted by atomic mass is 10.1. The summed E-state index contributed by atoms with van der Waals surface area (Å²) in [5.74, 6) is -0.147. The van der Waals surface area contributed by atoms with Gasteiger partial charge in [0.05, 0.1) is 11.6 Å². The van der Waals surface area contributed by atoms with E-state index in [1.165, 1.54) is 0 Å². The van der Waals surface area contributed by atoms with Crippen LogP contribution in [0.15, 0.2) is 48.5 Å². The first-order chi connectivity index (χ1) is 11.5. The molecule has 2 aromatic carbocycles. The molecule has 2 amide bonds. The van der Waals surface area contributed by atoms with E-state index in [1.54, 1.807) is 48.5 Å². The van der Waals surface area contributed by atoms with Gasteiger partial charge >= 0.3 is 0 Å². The SMILES string of the molecule is CC(C)CNC(=O)c1cccc(C(=O)Nc2ccc(C#N)cc2)c1. The summed E-state index contributed by atoms with van der Waals surface area (Å²) in [5, 5.41) is 14.3. The van der Waals surface area contributed by atoms with E-state index in [1.807, 2.05) is 19.9 Å². The molecular formula is C19H19N3O2. The van der Waals surface area contributed by atoms with Crippen LogP contribution in [0.2, 0.25) is 0 Å². The molecule has 2 aromatic rings. The molecule has 0 fully saturated rings. The van der Waals surface area contributed by atoms with Crippen molar-refractivity contribution in [2.45, 2.75) is 13.8 Å². The summed E-state index contributed by atoms with van der Waals surface area (Å²) in [7, 11) is 0. The zero-order valence-corrected chi connectivity index (χ0v) is 13.7. The number of nitriles is 1. The molecule has 0 bridgehead atoms. The minimum absolute atomic E-state index is 0.197. The molecule has 24 heavy (non-hydrogen) atoms. The highest BCUT2D eigenvalue weighted by Crippen LogP contribution is 2.12. The van der Waals surface area contributed by atoms with E-state index in [9.17, 15) is 9.59 Å². The molecule has 2 N–H and O–H groups in total. The van der Waals surface area contributed by atoms with Gasteiger partial charge in [0.25, 0.3) is 11.8 Å². The van der Waals surface area contributed by atoms with E-state index in [4.69, 9.17) is 5.26 Å². The van der Waals surface area contributed by atoms with Gasteiger partial charge in [-0.25, -0.2) is 0 Å². The van der Waals surface area contributed by atoms with Crippen LogP contribution in [0.1, 0.15) is 40.1 Å². The Morgan fingerprint density at radius 1 is 1.04 bits per heavy atom. The highest BCUT2D eigenvalue weighted by atomic mass is 16.2. The molecule has 5 heteroatoms. The number of carbonyl (C=O) groups excluding carboxylic acids is 2. The largest absolute Gasteiger partial charge is 0.352 e. The number of anilines is 1. The quantitative estimate of drug-likeness (QED) is 0.887. The molecule has 0 atom stereocenters. The first kappa shape index (κ1) is 17.2. The molecule has 122 valence electrons. The summed E-state index contributed by atoms with van der Waals surface area (Å²) in [6, 6.07) is 15.2. The van der Waals surface area contributed by atoms with Crippen molar-refractivity contribution in [3.05, 3.63) is 65.2 Å². The number of rotatable bonds is 5. The predicted molar refractivity (Wildman–Crippen MR) is 92.7 cm³/mol. The third-order valence-electron chi connectivity index (χ3n) is 3.33. The van der Waals surface area contributed by atoms with E-state index in [2.05, 4.69) is 10.6 Å². The molecule has 0 unspecified atom stereocenters. The van der Waals surface area contributed by atoms with Gasteiger partial charge in [0.2, 0.25) is 0 Å². The molecule has 0 radical (unpaired) electrons. The van der Waals surface area contributed by atoms with E-state index in [0.717, 1.165) is 0 Å². The number of nitrogens with one attached hydrogen (secondary N) is 2. The third-order valence-corrected chi connectivity index (χ3v) is 3.33. The number of carbonyl (C=O) groups is 2. The normalized spacial score (nSPS) is 10.1. The van der Waals surface area contributed by atoms with E-state index in [0.29, 0.717) is 34.8 Å². The number of hydrogen-bond donors (Lipinski definition) is 2. The Bertz CT molecular complexity index is 774. The van der Waals surface area contributed by atoms with Crippen molar-refractivity contribution in [1.29, 1.82) is 5.26 Å². The molecule has 0 aliphatic rings. The Labute approximate surface area is 141 Å². The lowest BCUT2D eigenvalue weighted by molar-refractivity contribution is 0.0949. The van der Waals surface area contributed by atoms with Crippen molar-refractivity contribution in [1.82, 2.24) is 5.32 Å². The monoisotopic (exact) mass is 321 g/mol. The van der Waals surface area contributed by atoms with Crippen LogP contribution in [0, 0.1) is 17.2 Å². The number of nitrogens with zero attached hydrogens (tertiary/aromatic N) is 1. The van der Waals surface area contributed by atoms with Gasteiger partial charge in [0, 0.05) is 23.4 Å². The maximum absolute atomic E-state index is 12.3. The summed E-state index contributed by atoms with van der Waals surface area (Å²) < 4.78 is 0. The maximum Gasteiger partial charge on any atom is 0.255 e. The van der Waals surface area contributed by atoms with Crippen molar-refractivity contribution < 1.29 is 9.59 Å². The van der Waals surface area contributed by atoms with Crippen molar-refractivity contribution in [2.24, 2.45) is 5.92 Å². The lowest BCUT2D eigenvalue weighted by Crippen LogP contribution is -2.27. The van der Waals surface area contributed by atoms with Crippen LogP contribution in [0.4, 0.5) is 5.69 Å². The van der Waals surface area contributed by atoms with Crippen LogP contribution in [0.25, 0.3) is 0 Å². The summed E-state index contributed by atoms with van der Waals surface area (Å²) >= 11 is 0. The molecule has 0 saturated carbocycles. The van der Waals surface area contributed by atoms with Crippen LogP contribution in [0.3, 0.4) is 0 Å². The zero-order valence-electron chi connectivity index (χ0n) is 13.7. The molecule has 5 nitrogen and oxygen atoms in total. The standard InChI is InChI=1S/C19H19N3O2/c1-13(2)12-21-18(23)15-4-3-5-16(10-15)19(24)22-17-8-6-14(11-20)7-9-17/h3-10,13H,12H2,1-2H3,(H,21,23)(H,22,24). The first-order valence-electron chi connectivity index (χ1n) is 7.69. The zero-order chi connectivity index (χ0) is 17.5. The Hall–Kier alpha value is -3.13. The summed E-state index contributed by atoms with van der Waals surface area (Å²) in [6.07, 6.45) is 0. The third kappa shape index (κ3) is 4.68. The number of benzene rings is 2. The Morgan fingerprint density at radius 3 is 2.25 bits per heavy atom. The molecule has 0 aromatic heterocycles. The highest BCUT2D eigenvalue weighted by Gasteiger charge is 2.11. The van der Waals surface area contributed by atoms with Crippen molar-refractivity contribution in [3.8, 4) is 6.07 Å². The summed E-state index contributed by atoms with van der Waals surface area (Å²) in [6.45, 7) is 4.62. The van der Waals surface area contributed by atoms with Crippen LogP contribution in [-0.4, -0.2) is 18.4 Å². The Morgan fingerprint density at radius 2 is 1.67 bits per heavy atom. The van der Waals surface area contributed by atoms with Crippen molar-refractivity contribution >= 4 is 17.5 Å². The summed E-state index contributed by atoms with van der Waals surface area (Å²) in [5.41, 5.74) is 1.96. The average molecular weight is 321 g/mol. The van der Waals surface area contributed by atoms with Crippen LogP contribution >= 0.6 is 0 Å². The first-order valence-corrected chi connectivity index (χ1v) is 7.69. The van der Waals surface area contributed by atoms with Crippen molar-refractivity contribution in [3.63, 3.8) is 0 Å². The maximum atomic E-state index is 12.3. The van der Waals surface area contributed by atoms with Crippen LogP contribution in [-0.2, 0) is 0 Å². The molecule has 0 aliphatic carbocycles. The Balaban J connectivity index is 2.08. The van der Waals surface area contributed by atoms with E-state index >= 15 is 0 Å². The summed E-state index contributed by atoms with van der Waals surface area (Å²) in [4.78, 5) is 24.4. The van der Waals surface area contributed by atoms with E-state index in [-0.39, 0.29) is 11.8 Å². The Kier molecular flexibility index (Phi) is 5.69. The van der Waals surface area contributed by atoms with Gasteiger partial charge in [-0.05, 0) is 48.4 Å². The highest BCUT2D eigenvalue weighted by molar-refractivity contribution is 6.06. The van der Waals surface area contributed by atoms with Gasteiger partial charge in [0.1, 0.15) is 0 Å². The minimum atomic E-state index is -0.307. The number of amides is 2. The lowest BCUT2D eigenvalue weighted by Gasteiger charge is -2.09. The average Bonchev–Trinajstić information content (AvgIpc) is 2.60. The molecule has 0 aliphatic heterocycles. The van der Waals surface area contributed by atoms with Crippen LogP contribution in [0.5, 0.6) is 0 Å². The molecule has 0 saturated heterocycles. The van der Waals surface area contributed by atoms with Gasteiger partial charge in [0.15, 0.2) is 0 Å². The molecule has 2 rings (SSSR count). The second-order valence-corrected chi connectivity index (χ2v) is 5.83. The van der Waals surface area contributed by atoms with Crippen molar-refractivity contribution in [2.75, 3.05) is 11.9 Å². The number of hydrogen-bond acceptors (Lipinski definition) is 3. The van der Waals surface area contributed by atoms with Gasteiger partial charge in [-0.15, -0.1) is 0 Å². The van der Waals surface area contributed by atoms with Gasteiger partial charge in [-0.3, -0.25) is 9.59 Å². The fraction of sp³-hybridized carbons (Fsp3) is 0.211. The predicted octanol–water partition coefficient (Wildman–Crippen LogP) is 3.20. The smallest absolute Gasteiger partial charge is 0.255 e. The van der Waals surface area contributed by atoms with Gasteiger partial charge < -0.3 is 10.6 Å². The fourth-order valence-electron chi connectivity index (χ4n) is 2.03. The van der Waals surface area contributed by atoms with Crippen LogP contribution < -0.4 is 10.6 Å². The molecule has 0 spiro atoms.